The number of aromatic hydroxyl groups is 1. The van der Waals surface area contributed by atoms with Gasteiger partial charge < -0.3 is 10.2 Å². The van der Waals surface area contributed by atoms with Crippen LogP contribution in [0.3, 0.4) is 0 Å². The molecular weight excluding hydrogens is 314 g/mol. The van der Waals surface area contributed by atoms with E-state index in [9.17, 15) is 18.3 Å². The van der Waals surface area contributed by atoms with Gasteiger partial charge >= 0.3 is 5.97 Å². The van der Waals surface area contributed by atoms with Crippen molar-refractivity contribution in [3.63, 3.8) is 0 Å². The number of carboxylic acid groups (broad SMARTS) is 1. The van der Waals surface area contributed by atoms with E-state index in [-0.39, 0.29) is 22.1 Å². The molecule has 8 heteroatoms. The molecule has 0 unspecified atom stereocenters. The highest BCUT2D eigenvalue weighted by atomic mass is 32.2. The average molecular weight is 327 g/mol. The van der Waals surface area contributed by atoms with E-state index in [1.165, 1.54) is 30.6 Å². The summed E-state index contributed by atoms with van der Waals surface area (Å²) in [6, 6.07) is 7.51. The van der Waals surface area contributed by atoms with Gasteiger partial charge in [0.25, 0.3) is 0 Å². The number of carboxylic acids is 1. The monoisotopic (exact) mass is 327 g/mol. The summed E-state index contributed by atoms with van der Waals surface area (Å²) in [4.78, 5) is 10.6. The van der Waals surface area contributed by atoms with Crippen LogP contribution in [0.2, 0.25) is 0 Å². The topological polar surface area (TPSA) is 94.9 Å². The van der Waals surface area contributed by atoms with Crippen molar-refractivity contribution in [2.75, 3.05) is 7.05 Å². The summed E-state index contributed by atoms with van der Waals surface area (Å²) < 4.78 is 25.9. The Kier molecular flexibility index (Phi) is 4.31. The van der Waals surface area contributed by atoms with E-state index in [0.717, 1.165) is 15.6 Å². The highest BCUT2D eigenvalue weighted by Gasteiger charge is 2.27. The zero-order chi connectivity index (χ0) is 15.6. The molecule has 1 aromatic heterocycles. The number of nitrogens with zero attached hydrogens (tertiary/aromatic N) is 1. The molecule has 0 amide bonds. The Balaban J connectivity index is 2.31. The van der Waals surface area contributed by atoms with Gasteiger partial charge in [0.05, 0.1) is 0 Å². The number of hydrogen-bond acceptors (Lipinski definition) is 5. The van der Waals surface area contributed by atoms with Gasteiger partial charge in [-0.05, 0) is 29.1 Å². The van der Waals surface area contributed by atoms with Crippen molar-refractivity contribution in [2.45, 2.75) is 11.4 Å². The van der Waals surface area contributed by atoms with Crippen molar-refractivity contribution in [3.8, 4) is 5.75 Å². The maximum atomic E-state index is 12.4. The molecule has 0 saturated carbocycles. The highest BCUT2D eigenvalue weighted by Crippen LogP contribution is 2.25. The van der Waals surface area contributed by atoms with Gasteiger partial charge in [0.2, 0.25) is 10.0 Å². The van der Waals surface area contributed by atoms with Gasteiger partial charge in [-0.1, -0.05) is 12.1 Å². The quantitative estimate of drug-likeness (QED) is 0.875. The van der Waals surface area contributed by atoms with Crippen molar-refractivity contribution < 1.29 is 23.4 Å². The maximum Gasteiger partial charge on any atom is 0.347 e. The van der Waals surface area contributed by atoms with Gasteiger partial charge in [-0.3, -0.25) is 0 Å². The zero-order valence-electron chi connectivity index (χ0n) is 11.1. The molecule has 0 aliphatic heterocycles. The van der Waals surface area contributed by atoms with Crippen molar-refractivity contribution in [2.24, 2.45) is 0 Å². The third kappa shape index (κ3) is 3.23. The van der Waals surface area contributed by atoms with Crippen molar-refractivity contribution in [3.05, 3.63) is 46.2 Å². The van der Waals surface area contributed by atoms with Crippen LogP contribution in [0.15, 0.2) is 40.6 Å². The van der Waals surface area contributed by atoms with E-state index in [1.54, 1.807) is 12.1 Å². The highest BCUT2D eigenvalue weighted by molar-refractivity contribution is 7.89. The number of carbonyl (C=O) groups is 1. The first-order valence-electron chi connectivity index (χ1n) is 5.87. The first kappa shape index (κ1) is 15.5. The second kappa shape index (κ2) is 5.84. The third-order valence-electron chi connectivity index (χ3n) is 2.83. The van der Waals surface area contributed by atoms with Crippen LogP contribution in [-0.2, 0) is 16.6 Å². The zero-order valence-corrected chi connectivity index (χ0v) is 12.7. The molecule has 0 fully saturated rings. The number of sulfonamides is 1. The molecule has 0 spiro atoms. The second-order valence-electron chi connectivity index (χ2n) is 4.35. The van der Waals surface area contributed by atoms with Gasteiger partial charge in [-0.2, -0.15) is 4.31 Å². The number of hydrogen-bond donors (Lipinski definition) is 2. The van der Waals surface area contributed by atoms with Crippen LogP contribution in [0, 0.1) is 0 Å². The van der Waals surface area contributed by atoms with Gasteiger partial charge in [0.1, 0.15) is 15.5 Å². The molecule has 21 heavy (non-hydrogen) atoms. The number of phenolic OH excluding ortho intramolecular Hbond substituents is 1. The van der Waals surface area contributed by atoms with Gasteiger partial charge in [0, 0.05) is 13.6 Å². The SMILES string of the molecule is CN(Cc1cccc(O)c1)S(=O)(=O)c1ccsc1C(=O)O. The van der Waals surface area contributed by atoms with Gasteiger partial charge in [-0.25, -0.2) is 13.2 Å². The summed E-state index contributed by atoms with van der Waals surface area (Å²) in [5.74, 6) is -1.23. The van der Waals surface area contributed by atoms with Crippen LogP contribution >= 0.6 is 11.3 Å². The third-order valence-corrected chi connectivity index (χ3v) is 5.70. The Labute approximate surface area is 125 Å². The van der Waals surface area contributed by atoms with E-state index in [4.69, 9.17) is 5.11 Å². The smallest absolute Gasteiger partial charge is 0.347 e. The molecule has 1 heterocycles. The lowest BCUT2D eigenvalue weighted by molar-refractivity contribution is 0.0698. The fourth-order valence-electron chi connectivity index (χ4n) is 1.82. The molecule has 0 aliphatic rings. The second-order valence-corrected chi connectivity index (χ2v) is 7.28. The van der Waals surface area contributed by atoms with Crippen LogP contribution in [0.25, 0.3) is 0 Å². The van der Waals surface area contributed by atoms with Crippen LogP contribution in [0.1, 0.15) is 15.2 Å². The summed E-state index contributed by atoms with van der Waals surface area (Å²) in [5, 5.41) is 19.8. The largest absolute Gasteiger partial charge is 0.508 e. The molecule has 2 rings (SSSR count). The molecule has 1 aromatic carbocycles. The fourth-order valence-corrected chi connectivity index (χ4v) is 4.21. The Morgan fingerprint density at radius 2 is 2.05 bits per heavy atom. The Morgan fingerprint density at radius 1 is 1.33 bits per heavy atom. The molecule has 2 aromatic rings. The molecule has 0 saturated heterocycles. The molecule has 0 radical (unpaired) electrons. The first-order chi connectivity index (χ1) is 9.82. The predicted octanol–water partition coefficient (Wildman–Crippen LogP) is 1.97. The van der Waals surface area contributed by atoms with E-state index in [0.29, 0.717) is 5.56 Å². The summed E-state index contributed by atoms with van der Waals surface area (Å²) >= 11 is 0.865. The molecule has 2 N–H and O–H groups in total. The first-order valence-corrected chi connectivity index (χ1v) is 8.19. The molecule has 112 valence electrons. The standard InChI is InChI=1S/C13H13NO5S2/c1-14(8-9-3-2-4-10(15)7-9)21(18,19)11-5-6-20-12(11)13(16)17/h2-7,15H,8H2,1H3,(H,16,17). The fraction of sp³-hybridized carbons (Fsp3) is 0.154. The lowest BCUT2D eigenvalue weighted by atomic mass is 10.2. The minimum absolute atomic E-state index is 0.0334. The number of thiophene rings is 1. The Bertz CT molecular complexity index is 766. The lowest BCUT2D eigenvalue weighted by Crippen LogP contribution is -2.27. The molecular formula is C13H13NO5S2. The maximum absolute atomic E-state index is 12.4. The van der Waals surface area contributed by atoms with E-state index in [1.807, 2.05) is 0 Å². The van der Waals surface area contributed by atoms with Gasteiger partial charge in [-0.15, -0.1) is 11.3 Å². The minimum Gasteiger partial charge on any atom is -0.508 e. The van der Waals surface area contributed by atoms with Crippen LogP contribution in [0.5, 0.6) is 5.75 Å². The summed E-state index contributed by atoms with van der Waals surface area (Å²) in [7, 11) is -2.54. The number of phenols is 1. The molecule has 0 aliphatic carbocycles. The number of rotatable bonds is 5. The summed E-state index contributed by atoms with van der Waals surface area (Å²) in [5.41, 5.74) is 0.605. The van der Waals surface area contributed by atoms with Crippen molar-refractivity contribution in [1.82, 2.24) is 4.31 Å². The number of aromatic carboxylic acids is 1. The van der Waals surface area contributed by atoms with Crippen molar-refractivity contribution in [1.29, 1.82) is 0 Å². The molecule has 6 nitrogen and oxygen atoms in total. The van der Waals surface area contributed by atoms with Crippen LogP contribution < -0.4 is 0 Å². The summed E-state index contributed by atoms with van der Waals surface area (Å²) in [6.45, 7) is 0.0334. The average Bonchev–Trinajstić information content (AvgIpc) is 2.88. The number of benzene rings is 1. The van der Waals surface area contributed by atoms with E-state index in [2.05, 4.69) is 0 Å². The van der Waals surface area contributed by atoms with Crippen LogP contribution in [0.4, 0.5) is 0 Å². The summed E-state index contributed by atoms with van der Waals surface area (Å²) in [6.07, 6.45) is 0. The van der Waals surface area contributed by atoms with Gasteiger partial charge in [0.15, 0.2) is 0 Å². The minimum atomic E-state index is -3.90. The van der Waals surface area contributed by atoms with E-state index >= 15 is 0 Å². The normalized spacial score (nSPS) is 11.7. The Hall–Kier alpha value is -1.90. The Morgan fingerprint density at radius 3 is 2.67 bits per heavy atom. The lowest BCUT2D eigenvalue weighted by Gasteiger charge is -2.17. The van der Waals surface area contributed by atoms with E-state index < -0.39 is 16.0 Å². The molecule has 0 bridgehead atoms. The molecule has 0 atom stereocenters. The van der Waals surface area contributed by atoms with Crippen molar-refractivity contribution >= 4 is 27.3 Å². The van der Waals surface area contributed by atoms with Crippen LogP contribution in [-0.4, -0.2) is 36.0 Å². The predicted molar refractivity (Wildman–Crippen MR) is 78.0 cm³/mol.